The largest absolute Gasteiger partial charge is 0.476 e. The first kappa shape index (κ1) is 15.3. The van der Waals surface area contributed by atoms with Gasteiger partial charge in [-0.2, -0.15) is 13.2 Å². The summed E-state index contributed by atoms with van der Waals surface area (Å²) in [6.45, 7) is 0.337. The van der Waals surface area contributed by atoms with E-state index in [2.05, 4.69) is 4.98 Å². The molecule has 0 fully saturated rings. The average molecular weight is 296 g/mol. The topological polar surface area (TPSA) is 48.1 Å². The van der Waals surface area contributed by atoms with Crippen molar-refractivity contribution in [2.75, 3.05) is 6.54 Å². The van der Waals surface area contributed by atoms with Crippen molar-refractivity contribution in [2.45, 2.75) is 18.7 Å². The molecule has 1 aromatic heterocycles. The van der Waals surface area contributed by atoms with Crippen LogP contribution in [-0.2, 0) is 6.42 Å². The molecule has 0 saturated carbocycles. The molecule has 0 amide bonds. The molecule has 1 heterocycles. The van der Waals surface area contributed by atoms with Crippen LogP contribution in [-0.4, -0.2) is 17.7 Å². The fourth-order valence-corrected chi connectivity index (χ4v) is 1.96. The second kappa shape index (κ2) is 6.58. The molecule has 0 spiro atoms. The van der Waals surface area contributed by atoms with E-state index in [0.717, 1.165) is 6.20 Å². The van der Waals surface area contributed by atoms with Crippen LogP contribution in [0.5, 0.6) is 5.75 Å². The molecule has 2 aromatic rings. The van der Waals surface area contributed by atoms with Crippen LogP contribution in [0.3, 0.4) is 0 Å². The molecule has 2 N–H and O–H groups in total. The van der Waals surface area contributed by atoms with E-state index in [0.29, 0.717) is 18.5 Å². The van der Waals surface area contributed by atoms with Crippen molar-refractivity contribution in [3.05, 3.63) is 59.9 Å². The number of nitrogens with zero attached hydrogens (tertiary/aromatic N) is 1. The SMILES string of the molecule is NCCc1ccccc1OC(c1cccnc1)C(F)(F)F. The van der Waals surface area contributed by atoms with E-state index in [4.69, 9.17) is 10.5 Å². The molecule has 6 heteroatoms. The first-order valence-electron chi connectivity index (χ1n) is 6.43. The number of rotatable bonds is 5. The summed E-state index contributed by atoms with van der Waals surface area (Å²) in [4.78, 5) is 3.72. The Kier molecular flexibility index (Phi) is 4.80. The van der Waals surface area contributed by atoms with Crippen LogP contribution in [0.1, 0.15) is 17.2 Å². The van der Waals surface area contributed by atoms with E-state index in [1.165, 1.54) is 24.4 Å². The normalized spacial score (nSPS) is 13.0. The second-order valence-corrected chi connectivity index (χ2v) is 4.47. The van der Waals surface area contributed by atoms with Gasteiger partial charge in [0.15, 0.2) is 0 Å². The van der Waals surface area contributed by atoms with Gasteiger partial charge in [0.1, 0.15) is 5.75 Å². The minimum absolute atomic E-state index is 0.0347. The van der Waals surface area contributed by atoms with Gasteiger partial charge in [0.25, 0.3) is 0 Å². The maximum absolute atomic E-state index is 13.2. The molecule has 0 bridgehead atoms. The minimum atomic E-state index is -4.53. The third-order valence-electron chi connectivity index (χ3n) is 2.92. The predicted molar refractivity (Wildman–Crippen MR) is 72.9 cm³/mol. The molecule has 3 nitrogen and oxygen atoms in total. The quantitative estimate of drug-likeness (QED) is 0.921. The number of aromatic nitrogens is 1. The molecular weight excluding hydrogens is 281 g/mol. The van der Waals surface area contributed by atoms with Gasteiger partial charge in [-0.05, 0) is 30.7 Å². The van der Waals surface area contributed by atoms with Crippen molar-refractivity contribution in [2.24, 2.45) is 5.73 Å². The Morgan fingerprint density at radius 1 is 1.14 bits per heavy atom. The molecule has 0 aliphatic rings. The molecule has 2 rings (SSSR count). The van der Waals surface area contributed by atoms with Gasteiger partial charge in [-0.1, -0.05) is 24.3 Å². The lowest BCUT2D eigenvalue weighted by atomic mass is 10.1. The Labute approximate surface area is 120 Å². The highest BCUT2D eigenvalue weighted by atomic mass is 19.4. The van der Waals surface area contributed by atoms with Gasteiger partial charge in [0, 0.05) is 18.0 Å². The standard InChI is InChI=1S/C15H15F3N2O/c16-15(17,18)14(12-5-3-9-20-10-12)21-13-6-2-1-4-11(13)7-8-19/h1-6,9-10,14H,7-8,19H2. The van der Waals surface area contributed by atoms with Crippen molar-refractivity contribution in [3.63, 3.8) is 0 Å². The maximum atomic E-state index is 13.2. The molecule has 0 radical (unpaired) electrons. The summed E-state index contributed by atoms with van der Waals surface area (Å²) in [5.74, 6) is 0.189. The van der Waals surface area contributed by atoms with Crippen LogP contribution >= 0.6 is 0 Å². The molecule has 0 aliphatic heterocycles. The van der Waals surface area contributed by atoms with E-state index in [1.807, 2.05) is 0 Å². The Bertz CT molecular complexity index is 573. The fourth-order valence-electron chi connectivity index (χ4n) is 1.96. The molecular formula is C15H15F3N2O. The summed E-state index contributed by atoms with van der Waals surface area (Å²) >= 11 is 0. The number of benzene rings is 1. The monoisotopic (exact) mass is 296 g/mol. The van der Waals surface area contributed by atoms with Gasteiger partial charge >= 0.3 is 6.18 Å². The zero-order valence-electron chi connectivity index (χ0n) is 11.2. The molecule has 112 valence electrons. The zero-order valence-corrected chi connectivity index (χ0v) is 11.2. The smallest absolute Gasteiger partial charge is 0.429 e. The molecule has 1 aromatic carbocycles. The Morgan fingerprint density at radius 2 is 1.90 bits per heavy atom. The van der Waals surface area contributed by atoms with Crippen molar-refractivity contribution in [1.29, 1.82) is 0 Å². The van der Waals surface area contributed by atoms with Crippen molar-refractivity contribution >= 4 is 0 Å². The highest BCUT2D eigenvalue weighted by Crippen LogP contribution is 2.37. The van der Waals surface area contributed by atoms with Crippen LogP contribution < -0.4 is 10.5 Å². The number of alkyl halides is 3. The number of hydrogen-bond acceptors (Lipinski definition) is 3. The lowest BCUT2D eigenvalue weighted by Gasteiger charge is -2.23. The van der Waals surface area contributed by atoms with Gasteiger partial charge in [0.2, 0.25) is 6.10 Å². The van der Waals surface area contributed by atoms with Crippen LogP contribution in [0.4, 0.5) is 13.2 Å². The van der Waals surface area contributed by atoms with E-state index in [1.54, 1.807) is 18.2 Å². The first-order chi connectivity index (χ1) is 10.0. The van der Waals surface area contributed by atoms with E-state index >= 15 is 0 Å². The van der Waals surface area contributed by atoms with Crippen LogP contribution in [0, 0.1) is 0 Å². The first-order valence-corrected chi connectivity index (χ1v) is 6.43. The number of halogens is 3. The predicted octanol–water partition coefficient (Wildman–Crippen LogP) is 3.27. The molecule has 1 unspecified atom stereocenters. The van der Waals surface area contributed by atoms with E-state index in [9.17, 15) is 13.2 Å². The third kappa shape index (κ3) is 3.95. The summed E-state index contributed by atoms with van der Waals surface area (Å²) in [6.07, 6.45) is -3.56. The van der Waals surface area contributed by atoms with Crippen molar-refractivity contribution in [3.8, 4) is 5.75 Å². The molecule has 1 atom stereocenters. The fraction of sp³-hybridized carbons (Fsp3) is 0.267. The highest BCUT2D eigenvalue weighted by Gasteiger charge is 2.43. The lowest BCUT2D eigenvalue weighted by molar-refractivity contribution is -0.198. The third-order valence-corrected chi connectivity index (χ3v) is 2.92. The van der Waals surface area contributed by atoms with Crippen LogP contribution in [0.15, 0.2) is 48.8 Å². The summed E-state index contributed by atoms with van der Waals surface area (Å²) in [5.41, 5.74) is 6.09. The Morgan fingerprint density at radius 3 is 2.52 bits per heavy atom. The number of ether oxygens (including phenoxy) is 1. The molecule has 0 aliphatic carbocycles. The summed E-state index contributed by atoms with van der Waals surface area (Å²) < 4.78 is 44.9. The number of nitrogens with two attached hydrogens (primary N) is 1. The Hall–Kier alpha value is -2.08. The van der Waals surface area contributed by atoms with Gasteiger partial charge in [-0.25, -0.2) is 0 Å². The van der Waals surface area contributed by atoms with Gasteiger partial charge in [0.05, 0.1) is 0 Å². The van der Waals surface area contributed by atoms with Gasteiger partial charge < -0.3 is 10.5 Å². The number of hydrogen-bond donors (Lipinski definition) is 1. The van der Waals surface area contributed by atoms with Crippen molar-refractivity contribution in [1.82, 2.24) is 4.98 Å². The zero-order chi connectivity index (χ0) is 15.3. The van der Waals surface area contributed by atoms with Gasteiger partial charge in [-0.15, -0.1) is 0 Å². The second-order valence-electron chi connectivity index (χ2n) is 4.47. The van der Waals surface area contributed by atoms with Crippen molar-refractivity contribution < 1.29 is 17.9 Å². The lowest BCUT2D eigenvalue weighted by Crippen LogP contribution is -2.26. The maximum Gasteiger partial charge on any atom is 0.429 e. The minimum Gasteiger partial charge on any atom is -0.476 e. The molecule has 21 heavy (non-hydrogen) atoms. The van der Waals surface area contributed by atoms with Crippen LogP contribution in [0.2, 0.25) is 0 Å². The molecule has 0 saturated heterocycles. The number of para-hydroxylation sites is 1. The summed E-state index contributed by atoms with van der Waals surface area (Å²) in [6, 6.07) is 9.38. The summed E-state index contributed by atoms with van der Waals surface area (Å²) in [5, 5.41) is 0. The summed E-state index contributed by atoms with van der Waals surface area (Å²) in [7, 11) is 0. The highest BCUT2D eigenvalue weighted by molar-refractivity contribution is 5.34. The van der Waals surface area contributed by atoms with Gasteiger partial charge in [-0.3, -0.25) is 4.98 Å². The Balaban J connectivity index is 2.33. The average Bonchev–Trinajstić information content (AvgIpc) is 2.46. The number of pyridine rings is 1. The van der Waals surface area contributed by atoms with Crippen LogP contribution in [0.25, 0.3) is 0 Å². The van der Waals surface area contributed by atoms with E-state index < -0.39 is 12.3 Å². The van der Waals surface area contributed by atoms with E-state index in [-0.39, 0.29) is 11.3 Å².